The fourth-order valence-electron chi connectivity index (χ4n) is 2.46. The Bertz CT molecular complexity index is 518. The van der Waals surface area contributed by atoms with Crippen molar-refractivity contribution in [2.45, 2.75) is 32.2 Å². The molecule has 2 aromatic heterocycles. The zero-order valence-corrected chi connectivity index (χ0v) is 10.8. The van der Waals surface area contributed by atoms with Crippen LogP contribution in [0.1, 0.15) is 35.0 Å². The highest BCUT2D eigenvalue weighted by molar-refractivity contribution is 7.10. The van der Waals surface area contributed by atoms with Crippen molar-refractivity contribution in [2.75, 3.05) is 5.32 Å². The monoisotopic (exact) mass is 244 g/mol. The molecule has 0 saturated carbocycles. The van der Waals surface area contributed by atoms with Gasteiger partial charge in [-0.05, 0) is 55.3 Å². The summed E-state index contributed by atoms with van der Waals surface area (Å²) in [7, 11) is 0. The Morgan fingerprint density at radius 3 is 3.24 bits per heavy atom. The van der Waals surface area contributed by atoms with Gasteiger partial charge in [0.1, 0.15) is 0 Å². The highest BCUT2D eigenvalue weighted by atomic mass is 32.1. The van der Waals surface area contributed by atoms with Crippen LogP contribution in [0.5, 0.6) is 0 Å². The Labute approximate surface area is 106 Å². The molecule has 1 N–H and O–H groups in total. The van der Waals surface area contributed by atoms with Gasteiger partial charge in [0.2, 0.25) is 0 Å². The number of rotatable bonds is 2. The summed E-state index contributed by atoms with van der Waals surface area (Å²) in [6.07, 6.45) is 5.59. The van der Waals surface area contributed by atoms with Crippen molar-refractivity contribution in [1.82, 2.24) is 4.98 Å². The number of hydrogen-bond acceptors (Lipinski definition) is 3. The lowest BCUT2D eigenvalue weighted by Gasteiger charge is -2.25. The molecule has 0 radical (unpaired) electrons. The number of pyridine rings is 1. The molecule has 0 aromatic carbocycles. The molecule has 1 unspecified atom stereocenters. The molecular weight excluding hydrogens is 228 g/mol. The predicted octanol–water partition coefficient (Wildman–Crippen LogP) is 3.94. The maximum absolute atomic E-state index is 4.33. The van der Waals surface area contributed by atoms with E-state index in [4.69, 9.17) is 0 Å². The average Bonchev–Trinajstić information content (AvgIpc) is 2.81. The first-order valence-corrected chi connectivity index (χ1v) is 6.97. The first-order valence-electron chi connectivity index (χ1n) is 6.09. The summed E-state index contributed by atoms with van der Waals surface area (Å²) < 4.78 is 0. The van der Waals surface area contributed by atoms with Crippen molar-refractivity contribution in [3.8, 4) is 0 Å². The molecule has 0 bridgehead atoms. The molecule has 2 nitrogen and oxygen atoms in total. The van der Waals surface area contributed by atoms with E-state index in [1.165, 1.54) is 24.8 Å². The van der Waals surface area contributed by atoms with Gasteiger partial charge in [-0.2, -0.15) is 0 Å². The van der Waals surface area contributed by atoms with Crippen LogP contribution in [-0.2, 0) is 6.42 Å². The van der Waals surface area contributed by atoms with Crippen molar-refractivity contribution in [3.63, 3.8) is 0 Å². The first-order chi connectivity index (χ1) is 8.34. The van der Waals surface area contributed by atoms with Gasteiger partial charge >= 0.3 is 0 Å². The highest BCUT2D eigenvalue weighted by Crippen LogP contribution is 2.35. The van der Waals surface area contributed by atoms with Gasteiger partial charge < -0.3 is 5.32 Å². The molecular formula is C14H16N2S. The van der Waals surface area contributed by atoms with Gasteiger partial charge in [-0.3, -0.25) is 4.98 Å². The maximum atomic E-state index is 4.33. The van der Waals surface area contributed by atoms with Gasteiger partial charge in [0, 0.05) is 11.1 Å². The Hall–Kier alpha value is -1.35. The minimum absolute atomic E-state index is 0.466. The number of hydrogen-bond donors (Lipinski definition) is 1. The van der Waals surface area contributed by atoms with Gasteiger partial charge in [-0.15, -0.1) is 11.3 Å². The van der Waals surface area contributed by atoms with Crippen LogP contribution in [0.3, 0.4) is 0 Å². The van der Waals surface area contributed by atoms with Crippen LogP contribution in [0.25, 0.3) is 0 Å². The number of aryl methyl sites for hydroxylation is 2. The molecule has 3 heteroatoms. The number of nitrogens with zero attached hydrogens (tertiary/aromatic N) is 1. The van der Waals surface area contributed by atoms with Crippen LogP contribution in [0.4, 0.5) is 5.69 Å². The fraction of sp³-hybridized carbons (Fsp3) is 0.357. The molecule has 0 saturated heterocycles. The van der Waals surface area contributed by atoms with Crippen molar-refractivity contribution in [2.24, 2.45) is 0 Å². The third kappa shape index (κ3) is 2.07. The molecule has 2 heterocycles. The largest absolute Gasteiger partial charge is 0.377 e. The SMILES string of the molecule is Cc1ncccc1NC1CCCc2sccc21. The normalized spacial score (nSPS) is 18.8. The first kappa shape index (κ1) is 10.8. The molecule has 17 heavy (non-hydrogen) atoms. The lowest BCUT2D eigenvalue weighted by atomic mass is 9.94. The molecule has 88 valence electrons. The summed E-state index contributed by atoms with van der Waals surface area (Å²) in [5, 5.41) is 5.84. The summed E-state index contributed by atoms with van der Waals surface area (Å²) >= 11 is 1.89. The van der Waals surface area contributed by atoms with Gasteiger partial charge in [0.25, 0.3) is 0 Å². The fourth-order valence-corrected chi connectivity index (χ4v) is 3.45. The van der Waals surface area contributed by atoms with E-state index in [1.54, 1.807) is 4.88 Å². The summed E-state index contributed by atoms with van der Waals surface area (Å²) in [5.41, 5.74) is 3.73. The molecule has 1 atom stereocenters. The lowest BCUT2D eigenvalue weighted by molar-refractivity contribution is 0.608. The molecule has 3 rings (SSSR count). The topological polar surface area (TPSA) is 24.9 Å². The minimum atomic E-state index is 0.466. The van der Waals surface area contributed by atoms with Gasteiger partial charge in [-0.1, -0.05) is 0 Å². The Kier molecular flexibility index (Phi) is 2.85. The molecule has 0 spiro atoms. The maximum Gasteiger partial charge on any atom is 0.0603 e. The van der Waals surface area contributed by atoms with E-state index >= 15 is 0 Å². The Morgan fingerprint density at radius 1 is 1.41 bits per heavy atom. The minimum Gasteiger partial charge on any atom is -0.377 e. The number of thiophene rings is 1. The summed E-state index contributed by atoms with van der Waals surface area (Å²) in [4.78, 5) is 5.88. The van der Waals surface area contributed by atoms with E-state index in [-0.39, 0.29) is 0 Å². The Balaban J connectivity index is 1.86. The van der Waals surface area contributed by atoms with Crippen LogP contribution in [0, 0.1) is 6.92 Å². The van der Waals surface area contributed by atoms with Gasteiger partial charge in [0.05, 0.1) is 17.4 Å². The van der Waals surface area contributed by atoms with Crippen molar-refractivity contribution < 1.29 is 0 Å². The van der Waals surface area contributed by atoms with E-state index < -0.39 is 0 Å². The number of nitrogens with one attached hydrogen (secondary N) is 1. The van der Waals surface area contributed by atoms with Crippen LogP contribution in [0.2, 0.25) is 0 Å². The standard InChI is InChI=1S/C14H16N2S/c1-10-12(5-3-8-15-10)16-13-4-2-6-14-11(13)7-9-17-14/h3,5,7-9,13,16H,2,4,6H2,1H3. The zero-order valence-electron chi connectivity index (χ0n) is 9.94. The Morgan fingerprint density at radius 2 is 2.35 bits per heavy atom. The summed E-state index contributed by atoms with van der Waals surface area (Å²) in [6.45, 7) is 2.06. The molecule has 1 aliphatic rings. The lowest BCUT2D eigenvalue weighted by Crippen LogP contribution is -2.16. The van der Waals surface area contributed by atoms with Crippen molar-refractivity contribution in [3.05, 3.63) is 45.9 Å². The second-order valence-electron chi connectivity index (χ2n) is 4.52. The zero-order chi connectivity index (χ0) is 11.7. The second kappa shape index (κ2) is 4.49. The average molecular weight is 244 g/mol. The summed E-state index contributed by atoms with van der Waals surface area (Å²) in [6, 6.07) is 6.84. The smallest absolute Gasteiger partial charge is 0.0603 e. The molecule has 0 amide bonds. The predicted molar refractivity (Wildman–Crippen MR) is 72.6 cm³/mol. The molecule has 0 aliphatic heterocycles. The van der Waals surface area contributed by atoms with Crippen molar-refractivity contribution >= 4 is 17.0 Å². The number of fused-ring (bicyclic) bond motifs is 1. The highest BCUT2D eigenvalue weighted by Gasteiger charge is 2.21. The third-order valence-corrected chi connectivity index (χ3v) is 4.39. The molecule has 1 aliphatic carbocycles. The van der Waals surface area contributed by atoms with Gasteiger partial charge in [0.15, 0.2) is 0 Å². The van der Waals surface area contributed by atoms with Crippen molar-refractivity contribution in [1.29, 1.82) is 0 Å². The van der Waals surface area contributed by atoms with E-state index in [1.807, 2.05) is 23.6 Å². The van der Waals surface area contributed by atoms with Crippen LogP contribution in [0.15, 0.2) is 29.8 Å². The van der Waals surface area contributed by atoms with E-state index in [2.05, 4.69) is 34.7 Å². The van der Waals surface area contributed by atoms with E-state index in [0.717, 1.165) is 11.4 Å². The molecule has 0 fully saturated rings. The van der Waals surface area contributed by atoms with E-state index in [0.29, 0.717) is 6.04 Å². The quantitative estimate of drug-likeness (QED) is 0.865. The summed E-state index contributed by atoms with van der Waals surface area (Å²) in [5.74, 6) is 0. The van der Waals surface area contributed by atoms with E-state index in [9.17, 15) is 0 Å². The number of anilines is 1. The second-order valence-corrected chi connectivity index (χ2v) is 5.53. The molecule has 2 aromatic rings. The number of aromatic nitrogens is 1. The third-order valence-electron chi connectivity index (χ3n) is 3.39. The van der Waals surface area contributed by atoms with Gasteiger partial charge in [-0.25, -0.2) is 0 Å². The van der Waals surface area contributed by atoms with Crippen LogP contribution in [-0.4, -0.2) is 4.98 Å². The van der Waals surface area contributed by atoms with Crippen LogP contribution < -0.4 is 5.32 Å². The van der Waals surface area contributed by atoms with Crippen LogP contribution >= 0.6 is 11.3 Å².